The lowest BCUT2D eigenvalue weighted by atomic mass is 9.98. The fraction of sp³-hybridized carbons (Fsp3) is 1.00. The molecule has 0 bridgehead atoms. The van der Waals surface area contributed by atoms with Crippen molar-refractivity contribution in [1.82, 2.24) is 0 Å². The van der Waals surface area contributed by atoms with Gasteiger partial charge >= 0.3 is 0 Å². The standard InChI is InChI=1S/C28H58O/c1-4-6-7-8-9-10-11-12-13-14-15-16-17-18-19-20-21-22-23-24-28(29)26-25-27(3)5-2/h27-29H,4-26H2,1-3H3. The van der Waals surface area contributed by atoms with E-state index in [9.17, 15) is 5.11 Å². The van der Waals surface area contributed by atoms with Gasteiger partial charge in [-0.2, -0.15) is 0 Å². The number of rotatable bonds is 24. The van der Waals surface area contributed by atoms with E-state index in [1.54, 1.807) is 0 Å². The molecule has 0 rings (SSSR count). The molecule has 0 saturated carbocycles. The number of aliphatic hydroxyl groups is 1. The molecule has 0 aliphatic carbocycles. The molecule has 2 unspecified atom stereocenters. The van der Waals surface area contributed by atoms with Crippen molar-refractivity contribution in [2.24, 2.45) is 5.92 Å². The highest BCUT2D eigenvalue weighted by Gasteiger charge is 2.06. The Kier molecular flexibility index (Phi) is 24.2. The van der Waals surface area contributed by atoms with Crippen LogP contribution in [0.2, 0.25) is 0 Å². The first-order valence-corrected chi connectivity index (χ1v) is 13.9. The van der Waals surface area contributed by atoms with Gasteiger partial charge in [-0.05, 0) is 25.2 Å². The summed E-state index contributed by atoms with van der Waals surface area (Å²) in [5, 5.41) is 10.0. The third kappa shape index (κ3) is 24.1. The van der Waals surface area contributed by atoms with Crippen LogP contribution in [-0.2, 0) is 0 Å². The Morgan fingerprint density at radius 2 is 0.793 bits per heavy atom. The minimum absolute atomic E-state index is 0.0465. The molecule has 0 saturated heterocycles. The molecule has 0 fully saturated rings. The smallest absolute Gasteiger partial charge is 0.0540 e. The van der Waals surface area contributed by atoms with Crippen molar-refractivity contribution in [3.05, 3.63) is 0 Å². The van der Waals surface area contributed by atoms with Gasteiger partial charge in [-0.25, -0.2) is 0 Å². The van der Waals surface area contributed by atoms with E-state index in [0.29, 0.717) is 0 Å². The van der Waals surface area contributed by atoms with Gasteiger partial charge in [0.05, 0.1) is 6.10 Å². The molecule has 0 radical (unpaired) electrons. The molecule has 0 heterocycles. The lowest BCUT2D eigenvalue weighted by Crippen LogP contribution is -2.08. The minimum Gasteiger partial charge on any atom is -0.393 e. The molecule has 0 aromatic heterocycles. The quantitative estimate of drug-likeness (QED) is 0.157. The average molecular weight is 411 g/mol. The molecule has 1 heteroatoms. The van der Waals surface area contributed by atoms with E-state index < -0.39 is 0 Å². The largest absolute Gasteiger partial charge is 0.393 e. The molecule has 2 atom stereocenters. The van der Waals surface area contributed by atoms with Crippen molar-refractivity contribution < 1.29 is 5.11 Å². The van der Waals surface area contributed by atoms with Crippen molar-refractivity contribution in [1.29, 1.82) is 0 Å². The summed E-state index contributed by atoms with van der Waals surface area (Å²) in [6, 6.07) is 0. The molecular weight excluding hydrogens is 352 g/mol. The molecule has 176 valence electrons. The van der Waals surface area contributed by atoms with Crippen molar-refractivity contribution in [2.75, 3.05) is 0 Å². The van der Waals surface area contributed by atoms with Crippen molar-refractivity contribution in [2.45, 2.75) is 175 Å². The molecular formula is C28H58O. The molecule has 1 N–H and O–H groups in total. The zero-order valence-corrected chi connectivity index (χ0v) is 20.9. The van der Waals surface area contributed by atoms with Crippen molar-refractivity contribution >= 4 is 0 Å². The van der Waals surface area contributed by atoms with Gasteiger partial charge in [-0.15, -0.1) is 0 Å². The maximum atomic E-state index is 10.0. The van der Waals surface area contributed by atoms with E-state index in [1.165, 1.54) is 135 Å². The zero-order valence-electron chi connectivity index (χ0n) is 20.9. The zero-order chi connectivity index (χ0) is 21.4. The molecule has 1 nitrogen and oxygen atoms in total. The predicted molar refractivity (Wildman–Crippen MR) is 133 cm³/mol. The normalized spacial score (nSPS) is 13.7. The third-order valence-corrected chi connectivity index (χ3v) is 6.83. The Balaban J connectivity index is 3.10. The molecule has 0 aromatic rings. The van der Waals surface area contributed by atoms with E-state index >= 15 is 0 Å². The Hall–Kier alpha value is -0.0400. The Labute approximate surface area is 185 Å². The van der Waals surface area contributed by atoms with Crippen molar-refractivity contribution in [3.8, 4) is 0 Å². The van der Waals surface area contributed by atoms with Gasteiger partial charge in [0.25, 0.3) is 0 Å². The highest BCUT2D eigenvalue weighted by molar-refractivity contribution is 4.60. The number of hydrogen-bond acceptors (Lipinski definition) is 1. The van der Waals surface area contributed by atoms with Gasteiger partial charge in [0.2, 0.25) is 0 Å². The fourth-order valence-corrected chi connectivity index (χ4v) is 4.28. The molecule has 0 aliphatic rings. The third-order valence-electron chi connectivity index (χ3n) is 6.83. The predicted octanol–water partition coefficient (Wildman–Crippen LogP) is 10.00. The van der Waals surface area contributed by atoms with Crippen molar-refractivity contribution in [3.63, 3.8) is 0 Å². The van der Waals surface area contributed by atoms with E-state index in [1.807, 2.05) is 0 Å². The number of hydrogen-bond donors (Lipinski definition) is 1. The van der Waals surface area contributed by atoms with Gasteiger partial charge < -0.3 is 5.11 Å². The molecule has 0 amide bonds. The van der Waals surface area contributed by atoms with Crippen LogP contribution in [-0.4, -0.2) is 11.2 Å². The average Bonchev–Trinajstić information content (AvgIpc) is 2.73. The van der Waals surface area contributed by atoms with Gasteiger partial charge in [-0.3, -0.25) is 0 Å². The second-order valence-corrected chi connectivity index (χ2v) is 9.90. The number of aliphatic hydroxyl groups excluding tert-OH is 1. The van der Waals surface area contributed by atoms with Crippen LogP contribution in [0.1, 0.15) is 168 Å². The van der Waals surface area contributed by atoms with E-state index in [-0.39, 0.29) is 6.10 Å². The maximum Gasteiger partial charge on any atom is 0.0540 e. The Morgan fingerprint density at radius 1 is 0.448 bits per heavy atom. The van der Waals surface area contributed by atoms with Crippen LogP contribution in [0.3, 0.4) is 0 Å². The Morgan fingerprint density at radius 3 is 1.14 bits per heavy atom. The highest BCUT2D eigenvalue weighted by Crippen LogP contribution is 2.17. The molecule has 0 aliphatic heterocycles. The molecule has 0 aromatic carbocycles. The molecule has 29 heavy (non-hydrogen) atoms. The van der Waals surface area contributed by atoms with Crippen LogP contribution in [0, 0.1) is 5.92 Å². The van der Waals surface area contributed by atoms with Crippen LogP contribution < -0.4 is 0 Å². The number of unbranched alkanes of at least 4 members (excludes halogenated alkanes) is 18. The second kappa shape index (κ2) is 24.2. The van der Waals surface area contributed by atoms with E-state index in [0.717, 1.165) is 18.8 Å². The van der Waals surface area contributed by atoms with Crippen LogP contribution in [0.25, 0.3) is 0 Å². The Bertz CT molecular complexity index is 288. The summed E-state index contributed by atoms with van der Waals surface area (Å²) in [5.41, 5.74) is 0. The first-order valence-electron chi connectivity index (χ1n) is 13.9. The van der Waals surface area contributed by atoms with Gasteiger partial charge in [0.15, 0.2) is 0 Å². The summed E-state index contributed by atoms with van der Waals surface area (Å²) in [6.45, 7) is 6.84. The van der Waals surface area contributed by atoms with Crippen LogP contribution in [0.4, 0.5) is 0 Å². The summed E-state index contributed by atoms with van der Waals surface area (Å²) in [7, 11) is 0. The topological polar surface area (TPSA) is 20.2 Å². The summed E-state index contributed by atoms with van der Waals surface area (Å²) in [4.78, 5) is 0. The van der Waals surface area contributed by atoms with Crippen LogP contribution in [0.5, 0.6) is 0 Å². The van der Waals surface area contributed by atoms with Gasteiger partial charge in [-0.1, -0.05) is 149 Å². The summed E-state index contributed by atoms with van der Waals surface area (Å²) in [6.07, 6.45) is 31.5. The summed E-state index contributed by atoms with van der Waals surface area (Å²) >= 11 is 0. The first kappa shape index (κ1) is 29.0. The summed E-state index contributed by atoms with van der Waals surface area (Å²) in [5.74, 6) is 0.773. The minimum atomic E-state index is -0.0465. The SMILES string of the molecule is CCCCCCCCCCCCCCCCCCCCCC(O)CCC(C)CC. The first-order chi connectivity index (χ1) is 14.2. The molecule has 0 spiro atoms. The lowest BCUT2D eigenvalue weighted by Gasteiger charge is -2.13. The monoisotopic (exact) mass is 410 g/mol. The van der Waals surface area contributed by atoms with E-state index in [4.69, 9.17) is 0 Å². The lowest BCUT2D eigenvalue weighted by molar-refractivity contribution is 0.142. The fourth-order valence-electron chi connectivity index (χ4n) is 4.28. The maximum absolute atomic E-state index is 10.0. The van der Waals surface area contributed by atoms with E-state index in [2.05, 4.69) is 20.8 Å². The van der Waals surface area contributed by atoms with Gasteiger partial charge in [0.1, 0.15) is 0 Å². The van der Waals surface area contributed by atoms with Gasteiger partial charge in [0, 0.05) is 0 Å². The highest BCUT2D eigenvalue weighted by atomic mass is 16.3. The summed E-state index contributed by atoms with van der Waals surface area (Å²) < 4.78 is 0. The second-order valence-electron chi connectivity index (χ2n) is 9.90. The van der Waals surface area contributed by atoms with Crippen LogP contribution >= 0.6 is 0 Å². The van der Waals surface area contributed by atoms with Crippen LogP contribution in [0.15, 0.2) is 0 Å².